The van der Waals surface area contributed by atoms with E-state index in [9.17, 15) is 9.59 Å². The molecule has 0 spiro atoms. The molecular weight excluding hydrogens is 669 g/mol. The van der Waals surface area contributed by atoms with Gasteiger partial charge in [0.15, 0.2) is 0 Å². The van der Waals surface area contributed by atoms with Crippen molar-refractivity contribution in [2.45, 2.75) is 115 Å². The van der Waals surface area contributed by atoms with Gasteiger partial charge < -0.3 is 19.8 Å². The molecule has 294 valence electrons. The molecule has 0 aromatic carbocycles. The number of likely N-dealkylation sites (tertiary alicyclic amines) is 2. The summed E-state index contributed by atoms with van der Waals surface area (Å²) < 4.78 is 0. The van der Waals surface area contributed by atoms with Crippen molar-refractivity contribution in [3.05, 3.63) is 90.8 Å². The van der Waals surface area contributed by atoms with E-state index in [0.29, 0.717) is 23.7 Å². The highest BCUT2D eigenvalue weighted by atomic mass is 16.1. The summed E-state index contributed by atoms with van der Waals surface area (Å²) in [7, 11) is 4.63. The molecule has 2 aliphatic heterocycles. The van der Waals surface area contributed by atoms with Crippen LogP contribution in [0, 0.1) is 23.7 Å². The zero-order chi connectivity index (χ0) is 37.5. The number of H-pyrrole nitrogens is 2. The number of pyridine rings is 2. The first-order chi connectivity index (χ1) is 26.2. The average molecular weight is 737 g/mol. The molecule has 4 heterocycles. The maximum Gasteiger partial charge on any atom is 0.248 e. The molecule has 6 aliphatic rings. The van der Waals surface area contributed by atoms with Crippen molar-refractivity contribution in [1.29, 1.82) is 0 Å². The van der Waals surface area contributed by atoms with Crippen LogP contribution >= 0.6 is 0 Å². The van der Waals surface area contributed by atoms with E-state index < -0.39 is 0 Å². The number of hydrogen-bond donors (Lipinski definition) is 2. The van der Waals surface area contributed by atoms with Crippen molar-refractivity contribution in [2.24, 2.45) is 23.7 Å². The van der Waals surface area contributed by atoms with Gasteiger partial charge >= 0.3 is 0 Å². The van der Waals surface area contributed by atoms with Crippen molar-refractivity contribution in [3.63, 3.8) is 0 Å². The van der Waals surface area contributed by atoms with Gasteiger partial charge in [0.2, 0.25) is 11.1 Å². The summed E-state index contributed by atoms with van der Waals surface area (Å²) in [5.41, 5.74) is 8.42. The molecule has 0 saturated carbocycles. The number of aromatic amines is 2. The van der Waals surface area contributed by atoms with Crippen LogP contribution in [0.3, 0.4) is 0 Å². The summed E-state index contributed by atoms with van der Waals surface area (Å²) in [6.45, 7) is 13.7. The third kappa shape index (κ3) is 7.18. The number of piperidine rings is 2. The summed E-state index contributed by atoms with van der Waals surface area (Å²) in [6, 6.07) is 7.88. The predicted molar refractivity (Wildman–Crippen MR) is 220 cm³/mol. The van der Waals surface area contributed by atoms with Crippen LogP contribution < -0.4 is 11.1 Å². The molecular formula is C46H68N6O2. The number of nitrogens with zero attached hydrogens (tertiary/aromatic N) is 4. The van der Waals surface area contributed by atoms with Crippen molar-refractivity contribution < 1.29 is 0 Å². The number of nitrogens with one attached hydrogen (secondary N) is 2. The van der Waals surface area contributed by atoms with E-state index in [4.69, 9.17) is 0 Å². The number of fused-ring (bicyclic) bond motifs is 2. The SMILES string of the molecule is CC1=C[C@H]2Cc3[nH]c(=O)ccc3[C@@]3(C1)[C@@H]2CCCN3CCN(C)CCCCCCCCN(C)CCN1CCC[C@@H]2[C@H]3C=C(C)C[C@]21c1ccc(=O)[nH]c1C3. The number of hydrogen-bond acceptors (Lipinski definition) is 6. The highest BCUT2D eigenvalue weighted by Gasteiger charge is 2.56. The van der Waals surface area contributed by atoms with Crippen LogP contribution in [0.5, 0.6) is 0 Å². The maximum atomic E-state index is 12.3. The number of aromatic nitrogens is 2. The molecule has 2 aromatic heterocycles. The monoisotopic (exact) mass is 737 g/mol. The Kier molecular flexibility index (Phi) is 11.3. The van der Waals surface area contributed by atoms with Gasteiger partial charge in [-0.15, -0.1) is 0 Å². The van der Waals surface area contributed by atoms with Crippen molar-refractivity contribution in [3.8, 4) is 0 Å². The lowest BCUT2D eigenvalue weighted by Gasteiger charge is -2.59. The van der Waals surface area contributed by atoms with Crippen LogP contribution in [0.2, 0.25) is 0 Å². The van der Waals surface area contributed by atoms with E-state index in [1.165, 1.54) is 111 Å². The lowest BCUT2D eigenvalue weighted by atomic mass is 9.56. The smallest absolute Gasteiger partial charge is 0.248 e. The van der Waals surface area contributed by atoms with E-state index in [-0.39, 0.29) is 22.2 Å². The second kappa shape index (κ2) is 16.0. The van der Waals surface area contributed by atoms with Gasteiger partial charge in [-0.05, 0) is 165 Å². The predicted octanol–water partition coefficient (Wildman–Crippen LogP) is 6.83. The van der Waals surface area contributed by atoms with Gasteiger partial charge in [-0.2, -0.15) is 0 Å². The summed E-state index contributed by atoms with van der Waals surface area (Å²) in [4.78, 5) is 41.8. The first-order valence-corrected chi connectivity index (χ1v) is 21.8. The normalized spacial score (nSPS) is 30.3. The fraction of sp³-hybridized carbons (Fsp3) is 0.696. The summed E-state index contributed by atoms with van der Waals surface area (Å²) in [5.74, 6) is 2.41. The first kappa shape index (κ1) is 38.1. The van der Waals surface area contributed by atoms with Gasteiger partial charge in [-0.1, -0.05) is 49.0 Å². The van der Waals surface area contributed by atoms with Crippen molar-refractivity contribution >= 4 is 0 Å². The Bertz CT molecular complexity index is 1700. The van der Waals surface area contributed by atoms with Gasteiger partial charge in [-0.25, -0.2) is 0 Å². The first-order valence-electron chi connectivity index (χ1n) is 21.8. The van der Waals surface area contributed by atoms with E-state index in [1.54, 1.807) is 12.1 Å². The number of rotatable bonds is 15. The number of allylic oxidation sites excluding steroid dienone is 2. The quantitative estimate of drug-likeness (QED) is 0.154. The zero-order valence-corrected chi connectivity index (χ0v) is 33.9. The van der Waals surface area contributed by atoms with E-state index in [1.807, 2.05) is 0 Å². The molecule has 2 N–H and O–H groups in total. The Labute approximate surface area is 324 Å². The highest BCUT2D eigenvalue weighted by molar-refractivity contribution is 5.41. The Balaban J connectivity index is 0.748. The molecule has 8 heteroatoms. The van der Waals surface area contributed by atoms with E-state index in [2.05, 4.69) is 81.8 Å². The minimum atomic E-state index is 0.0421. The Morgan fingerprint density at radius 3 is 1.50 bits per heavy atom. The molecule has 8 nitrogen and oxygen atoms in total. The lowest BCUT2D eigenvalue weighted by Crippen LogP contribution is -2.61. The Morgan fingerprint density at radius 1 is 0.630 bits per heavy atom. The van der Waals surface area contributed by atoms with Gasteiger partial charge in [0.05, 0.1) is 11.1 Å². The third-order valence-electron chi connectivity index (χ3n) is 15.0. The second-order valence-electron chi connectivity index (χ2n) is 18.6. The molecule has 0 unspecified atom stereocenters. The Morgan fingerprint density at radius 2 is 1.06 bits per heavy atom. The Hall–Kier alpha value is -2.78. The summed E-state index contributed by atoms with van der Waals surface area (Å²) in [5, 5.41) is 0. The van der Waals surface area contributed by atoms with E-state index in [0.717, 1.165) is 65.0 Å². The van der Waals surface area contributed by atoms with Crippen molar-refractivity contribution in [1.82, 2.24) is 29.6 Å². The van der Waals surface area contributed by atoms with Crippen LogP contribution in [-0.2, 0) is 23.9 Å². The molecule has 2 fully saturated rings. The van der Waals surface area contributed by atoms with Crippen LogP contribution in [-0.4, -0.2) is 96.0 Å². The largest absolute Gasteiger partial charge is 0.326 e. The van der Waals surface area contributed by atoms with Crippen LogP contribution in [0.4, 0.5) is 0 Å². The fourth-order valence-electron chi connectivity index (χ4n) is 12.8. The molecule has 8 rings (SSSR count). The molecule has 0 radical (unpaired) electrons. The highest BCUT2D eigenvalue weighted by Crippen LogP contribution is 2.58. The minimum absolute atomic E-state index is 0.0421. The van der Waals surface area contributed by atoms with Gasteiger partial charge in [0.25, 0.3) is 0 Å². The molecule has 4 bridgehead atoms. The lowest BCUT2D eigenvalue weighted by molar-refractivity contribution is -0.0480. The molecule has 6 atom stereocenters. The van der Waals surface area contributed by atoms with Crippen LogP contribution in [0.25, 0.3) is 0 Å². The van der Waals surface area contributed by atoms with Gasteiger partial charge in [0, 0.05) is 49.7 Å². The molecule has 2 aromatic rings. The number of likely N-dealkylation sites (N-methyl/N-ethyl adjacent to an activating group) is 2. The topological polar surface area (TPSA) is 78.7 Å². The molecule has 54 heavy (non-hydrogen) atoms. The zero-order valence-electron chi connectivity index (χ0n) is 33.9. The summed E-state index contributed by atoms with van der Waals surface area (Å²) >= 11 is 0. The standard InChI is InChI=1S/C46H68N6O2/c1-33-27-35-29-41-39(15-17-43(53)47-41)45(31-33)37(35)13-11-21-51(45)25-23-49(3)19-9-7-5-6-8-10-20-50(4)24-26-52-22-12-14-38-36-28-34(2)32-46(38,52)40-16-18-44(54)48-42(40)30-36/h15-18,27-28,35-38H,5-14,19-26,29-32H2,1-4H3,(H,47,53)(H,48,54)/t35-,36-,37+,38+,45+,46+/m0/s1. The second-order valence-corrected chi connectivity index (χ2v) is 18.6. The molecule has 0 amide bonds. The van der Waals surface area contributed by atoms with Crippen molar-refractivity contribution in [2.75, 3.05) is 66.5 Å². The maximum absolute atomic E-state index is 12.3. The van der Waals surface area contributed by atoms with Crippen LogP contribution in [0.1, 0.15) is 113 Å². The average Bonchev–Trinajstić information content (AvgIpc) is 3.13. The van der Waals surface area contributed by atoms with Gasteiger partial charge in [-0.3, -0.25) is 19.4 Å². The minimum Gasteiger partial charge on any atom is -0.326 e. The summed E-state index contributed by atoms with van der Waals surface area (Å²) in [6.07, 6.45) is 22.3. The molecule has 2 saturated heterocycles. The molecule has 4 aliphatic carbocycles. The third-order valence-corrected chi connectivity index (χ3v) is 15.0. The van der Waals surface area contributed by atoms with E-state index >= 15 is 0 Å². The fourth-order valence-corrected chi connectivity index (χ4v) is 12.8. The van der Waals surface area contributed by atoms with Gasteiger partial charge in [0.1, 0.15) is 0 Å². The van der Waals surface area contributed by atoms with Crippen LogP contribution in [0.15, 0.2) is 57.2 Å². The number of unbranched alkanes of at least 4 members (excludes halogenated alkanes) is 5.